The van der Waals surface area contributed by atoms with Gasteiger partial charge in [0.25, 0.3) is 0 Å². The molecule has 6 heteroatoms. The number of urea groups is 1. The average Bonchev–Trinajstić information content (AvgIpc) is 3.22. The van der Waals surface area contributed by atoms with E-state index in [0.717, 1.165) is 53.6 Å². The standard InChI is InChI=1S/C22H26BrN3O2/c1-16(19-6-2-3-7-20(19)23)24-22(28)25-18-11-8-17(9-12-18)10-13-21(27)26-14-4-5-15-26/h2-3,6-9,11-12,16H,4-5,10,13-15H2,1H3,(H2,24,25,28). The van der Waals surface area contributed by atoms with Crippen LogP contribution < -0.4 is 10.6 Å². The molecular weight excluding hydrogens is 418 g/mol. The lowest BCUT2D eigenvalue weighted by atomic mass is 10.1. The summed E-state index contributed by atoms with van der Waals surface area (Å²) >= 11 is 3.51. The zero-order valence-electron chi connectivity index (χ0n) is 16.1. The van der Waals surface area contributed by atoms with E-state index in [1.54, 1.807) is 0 Å². The fraction of sp³-hybridized carbons (Fsp3) is 0.364. The Bertz CT molecular complexity index is 817. The molecule has 1 heterocycles. The second-order valence-corrected chi connectivity index (χ2v) is 7.98. The van der Waals surface area contributed by atoms with Crippen LogP contribution in [0.2, 0.25) is 0 Å². The summed E-state index contributed by atoms with van der Waals surface area (Å²) < 4.78 is 0.968. The van der Waals surface area contributed by atoms with Gasteiger partial charge in [0, 0.05) is 29.7 Å². The molecule has 1 aliphatic heterocycles. The molecule has 1 unspecified atom stereocenters. The average molecular weight is 444 g/mol. The van der Waals surface area contributed by atoms with Gasteiger partial charge >= 0.3 is 6.03 Å². The van der Waals surface area contributed by atoms with Crippen molar-refractivity contribution in [3.8, 4) is 0 Å². The number of hydrogen-bond donors (Lipinski definition) is 2. The number of amides is 3. The van der Waals surface area contributed by atoms with Gasteiger partial charge in [-0.2, -0.15) is 0 Å². The Morgan fingerprint density at radius 3 is 2.43 bits per heavy atom. The number of likely N-dealkylation sites (tertiary alicyclic amines) is 1. The van der Waals surface area contributed by atoms with E-state index in [1.165, 1.54) is 0 Å². The molecule has 3 rings (SSSR count). The predicted octanol–water partition coefficient (Wildman–Crippen LogP) is 4.89. The van der Waals surface area contributed by atoms with Crippen molar-refractivity contribution < 1.29 is 9.59 Å². The second-order valence-electron chi connectivity index (χ2n) is 7.13. The molecule has 1 fully saturated rings. The lowest BCUT2D eigenvalue weighted by molar-refractivity contribution is -0.130. The van der Waals surface area contributed by atoms with E-state index in [2.05, 4.69) is 26.6 Å². The van der Waals surface area contributed by atoms with Gasteiger partial charge in [-0.25, -0.2) is 4.79 Å². The number of anilines is 1. The fourth-order valence-electron chi connectivity index (χ4n) is 3.40. The predicted molar refractivity (Wildman–Crippen MR) is 115 cm³/mol. The number of nitrogens with one attached hydrogen (secondary N) is 2. The van der Waals surface area contributed by atoms with Crippen molar-refractivity contribution in [1.29, 1.82) is 0 Å². The van der Waals surface area contributed by atoms with Crippen LogP contribution >= 0.6 is 15.9 Å². The number of rotatable bonds is 6. The molecule has 28 heavy (non-hydrogen) atoms. The van der Waals surface area contributed by atoms with Crippen molar-refractivity contribution in [1.82, 2.24) is 10.2 Å². The molecule has 0 bridgehead atoms. The number of hydrogen-bond acceptors (Lipinski definition) is 2. The van der Waals surface area contributed by atoms with E-state index in [0.29, 0.717) is 6.42 Å². The van der Waals surface area contributed by atoms with Gasteiger partial charge < -0.3 is 15.5 Å². The molecule has 2 aromatic carbocycles. The number of carbonyl (C=O) groups excluding carboxylic acids is 2. The minimum absolute atomic E-state index is 0.119. The molecule has 148 valence electrons. The highest BCUT2D eigenvalue weighted by Gasteiger charge is 2.17. The molecule has 1 saturated heterocycles. The monoisotopic (exact) mass is 443 g/mol. The van der Waals surface area contributed by atoms with Crippen molar-refractivity contribution in [3.63, 3.8) is 0 Å². The summed E-state index contributed by atoms with van der Waals surface area (Å²) in [5.41, 5.74) is 2.85. The topological polar surface area (TPSA) is 61.4 Å². The molecular formula is C22H26BrN3O2. The summed E-state index contributed by atoms with van der Waals surface area (Å²) in [6.07, 6.45) is 3.50. The largest absolute Gasteiger partial charge is 0.343 e. The normalized spacial score (nSPS) is 14.6. The third kappa shape index (κ3) is 5.58. The minimum Gasteiger partial charge on any atom is -0.343 e. The minimum atomic E-state index is -0.250. The van der Waals surface area contributed by atoms with E-state index in [9.17, 15) is 9.59 Å². The molecule has 0 aliphatic carbocycles. The van der Waals surface area contributed by atoms with Crippen molar-refractivity contribution >= 4 is 33.6 Å². The van der Waals surface area contributed by atoms with Crippen molar-refractivity contribution in [2.75, 3.05) is 18.4 Å². The molecule has 2 N–H and O–H groups in total. The molecule has 0 aromatic heterocycles. The second kappa shape index (κ2) is 9.73. The SMILES string of the molecule is CC(NC(=O)Nc1ccc(CCC(=O)N2CCCC2)cc1)c1ccccc1Br. The van der Waals surface area contributed by atoms with Crippen LogP contribution in [0.25, 0.3) is 0 Å². The van der Waals surface area contributed by atoms with Crippen LogP contribution in [0.1, 0.15) is 43.4 Å². The van der Waals surface area contributed by atoms with E-state index in [-0.39, 0.29) is 18.0 Å². The quantitative estimate of drug-likeness (QED) is 0.667. The third-order valence-electron chi connectivity index (χ3n) is 5.02. The van der Waals surface area contributed by atoms with Gasteiger partial charge in [0.15, 0.2) is 0 Å². The maximum absolute atomic E-state index is 12.3. The smallest absolute Gasteiger partial charge is 0.319 e. The van der Waals surface area contributed by atoms with Crippen molar-refractivity contribution in [2.24, 2.45) is 0 Å². The van der Waals surface area contributed by atoms with Crippen LogP contribution in [0.5, 0.6) is 0 Å². The molecule has 1 atom stereocenters. The first-order chi connectivity index (χ1) is 13.5. The molecule has 0 saturated carbocycles. The molecule has 1 aliphatic rings. The molecule has 5 nitrogen and oxygen atoms in total. The van der Waals surface area contributed by atoms with Gasteiger partial charge in [0.1, 0.15) is 0 Å². The lowest BCUT2D eigenvalue weighted by Crippen LogP contribution is -2.31. The summed E-state index contributed by atoms with van der Waals surface area (Å²) in [5, 5.41) is 5.80. The highest BCUT2D eigenvalue weighted by molar-refractivity contribution is 9.10. The Balaban J connectivity index is 1.47. The molecule has 3 amide bonds. The fourth-order valence-corrected chi connectivity index (χ4v) is 4.03. The third-order valence-corrected chi connectivity index (χ3v) is 5.74. The summed E-state index contributed by atoms with van der Waals surface area (Å²) in [5.74, 6) is 0.236. The van der Waals surface area contributed by atoms with Crippen LogP contribution in [0.15, 0.2) is 53.0 Å². The van der Waals surface area contributed by atoms with Crippen molar-refractivity contribution in [3.05, 3.63) is 64.1 Å². The van der Waals surface area contributed by atoms with Gasteiger partial charge in [0.05, 0.1) is 6.04 Å². The number of benzene rings is 2. The van der Waals surface area contributed by atoms with Crippen LogP contribution in [0.3, 0.4) is 0 Å². The lowest BCUT2D eigenvalue weighted by Gasteiger charge is -2.17. The summed E-state index contributed by atoms with van der Waals surface area (Å²) in [6, 6.07) is 15.1. The van der Waals surface area contributed by atoms with Crippen LogP contribution in [0.4, 0.5) is 10.5 Å². The first-order valence-corrected chi connectivity index (χ1v) is 10.5. The number of carbonyl (C=O) groups is 2. The van der Waals surface area contributed by atoms with E-state index in [4.69, 9.17) is 0 Å². The Morgan fingerprint density at radius 1 is 1.07 bits per heavy atom. The zero-order valence-corrected chi connectivity index (χ0v) is 17.7. The Morgan fingerprint density at radius 2 is 1.75 bits per heavy atom. The van der Waals surface area contributed by atoms with E-state index < -0.39 is 0 Å². The van der Waals surface area contributed by atoms with Crippen LogP contribution in [-0.4, -0.2) is 29.9 Å². The van der Waals surface area contributed by atoms with Gasteiger partial charge in [-0.05, 0) is 55.5 Å². The molecule has 0 radical (unpaired) electrons. The van der Waals surface area contributed by atoms with Crippen LogP contribution in [0, 0.1) is 0 Å². The molecule has 2 aromatic rings. The number of halogens is 1. The summed E-state index contributed by atoms with van der Waals surface area (Å²) in [6.45, 7) is 3.74. The number of nitrogens with zero attached hydrogens (tertiary/aromatic N) is 1. The van der Waals surface area contributed by atoms with E-state index in [1.807, 2.05) is 60.4 Å². The number of aryl methyl sites for hydroxylation is 1. The highest BCUT2D eigenvalue weighted by atomic mass is 79.9. The first kappa shape index (κ1) is 20.4. The van der Waals surface area contributed by atoms with Gasteiger partial charge in [0.2, 0.25) is 5.91 Å². The Labute approximate surface area is 174 Å². The highest BCUT2D eigenvalue weighted by Crippen LogP contribution is 2.23. The van der Waals surface area contributed by atoms with Crippen LogP contribution in [-0.2, 0) is 11.2 Å². The Kier molecular flexibility index (Phi) is 7.09. The zero-order chi connectivity index (χ0) is 19.9. The summed E-state index contributed by atoms with van der Waals surface area (Å²) in [4.78, 5) is 26.3. The Hall–Kier alpha value is -2.34. The first-order valence-electron chi connectivity index (χ1n) is 9.71. The van der Waals surface area contributed by atoms with E-state index >= 15 is 0 Å². The van der Waals surface area contributed by atoms with Crippen molar-refractivity contribution in [2.45, 2.75) is 38.6 Å². The summed E-state index contributed by atoms with van der Waals surface area (Å²) in [7, 11) is 0. The maximum Gasteiger partial charge on any atom is 0.319 e. The van der Waals surface area contributed by atoms with Gasteiger partial charge in [-0.1, -0.05) is 46.3 Å². The van der Waals surface area contributed by atoms with Gasteiger partial charge in [-0.15, -0.1) is 0 Å². The maximum atomic E-state index is 12.3. The van der Waals surface area contributed by atoms with Gasteiger partial charge in [-0.3, -0.25) is 4.79 Å². The molecule has 0 spiro atoms.